The fraction of sp³-hybridized carbons (Fsp3) is 0.286. The standard InChI is InChI=1S/C21H24ClN3O5/c1-25(10-11-26)20(28)19(16-8-5-9-17(12-16)23-18(27)13-22)24-21(29)30-14-15-6-3-2-4-7-15/h2-9,12,19,26H,10-11,13-14H2,1H3,(H,23,27)(H,24,29)/t19-/m1/s1. The normalized spacial score (nSPS) is 11.3. The number of halogens is 1. The molecule has 0 heterocycles. The molecule has 8 nitrogen and oxygen atoms in total. The van der Waals surface area contributed by atoms with Gasteiger partial charge in [-0.1, -0.05) is 42.5 Å². The van der Waals surface area contributed by atoms with Crippen LogP contribution in [0.15, 0.2) is 54.6 Å². The number of hydrogen-bond donors (Lipinski definition) is 3. The quantitative estimate of drug-likeness (QED) is 0.526. The van der Waals surface area contributed by atoms with Crippen LogP contribution in [0.3, 0.4) is 0 Å². The number of hydrogen-bond acceptors (Lipinski definition) is 5. The van der Waals surface area contributed by atoms with Gasteiger partial charge in [0, 0.05) is 19.3 Å². The highest BCUT2D eigenvalue weighted by Gasteiger charge is 2.26. The third-order valence-electron chi connectivity index (χ3n) is 4.16. The van der Waals surface area contributed by atoms with Gasteiger partial charge in [0.1, 0.15) is 18.5 Å². The molecular formula is C21H24ClN3O5. The second kappa shape index (κ2) is 11.8. The van der Waals surface area contributed by atoms with Crippen LogP contribution in [0.1, 0.15) is 17.2 Å². The van der Waals surface area contributed by atoms with E-state index >= 15 is 0 Å². The van der Waals surface area contributed by atoms with E-state index in [1.807, 2.05) is 30.3 Å². The third kappa shape index (κ3) is 7.06. The fourth-order valence-electron chi connectivity index (χ4n) is 2.64. The predicted octanol–water partition coefficient (Wildman–Crippen LogP) is 2.28. The van der Waals surface area contributed by atoms with Crippen LogP contribution in [-0.2, 0) is 20.9 Å². The van der Waals surface area contributed by atoms with Gasteiger partial charge in [-0.2, -0.15) is 0 Å². The highest BCUT2D eigenvalue weighted by atomic mass is 35.5. The average molecular weight is 434 g/mol. The van der Waals surface area contributed by atoms with Crippen LogP contribution in [0, 0.1) is 0 Å². The molecule has 0 spiro atoms. The van der Waals surface area contributed by atoms with Crippen LogP contribution in [0.25, 0.3) is 0 Å². The Labute approximate surface area is 179 Å². The predicted molar refractivity (Wildman–Crippen MR) is 113 cm³/mol. The van der Waals surface area contributed by atoms with Crippen LogP contribution in [0.2, 0.25) is 0 Å². The lowest BCUT2D eigenvalue weighted by molar-refractivity contribution is -0.132. The van der Waals surface area contributed by atoms with Gasteiger partial charge >= 0.3 is 6.09 Å². The number of benzene rings is 2. The Morgan fingerprint density at radius 2 is 1.87 bits per heavy atom. The van der Waals surface area contributed by atoms with Gasteiger partial charge in [0.2, 0.25) is 11.8 Å². The smallest absolute Gasteiger partial charge is 0.408 e. The number of aliphatic hydroxyl groups is 1. The largest absolute Gasteiger partial charge is 0.445 e. The lowest BCUT2D eigenvalue weighted by atomic mass is 10.0. The average Bonchev–Trinajstić information content (AvgIpc) is 2.76. The van der Waals surface area contributed by atoms with Crippen molar-refractivity contribution < 1.29 is 24.2 Å². The summed E-state index contributed by atoms with van der Waals surface area (Å²) in [4.78, 5) is 38.1. The number of nitrogens with zero attached hydrogens (tertiary/aromatic N) is 1. The molecule has 0 aliphatic heterocycles. The molecule has 0 saturated carbocycles. The van der Waals surface area contributed by atoms with E-state index in [-0.39, 0.29) is 25.6 Å². The van der Waals surface area contributed by atoms with E-state index in [1.165, 1.54) is 11.9 Å². The third-order valence-corrected chi connectivity index (χ3v) is 4.40. The van der Waals surface area contributed by atoms with Crippen molar-refractivity contribution in [2.24, 2.45) is 0 Å². The Hall–Kier alpha value is -3.10. The zero-order chi connectivity index (χ0) is 21.9. The number of alkyl halides is 1. The van der Waals surface area contributed by atoms with E-state index in [4.69, 9.17) is 21.4 Å². The molecule has 30 heavy (non-hydrogen) atoms. The van der Waals surface area contributed by atoms with E-state index in [9.17, 15) is 14.4 Å². The molecule has 9 heteroatoms. The molecule has 160 valence electrons. The zero-order valence-corrected chi connectivity index (χ0v) is 17.3. The summed E-state index contributed by atoms with van der Waals surface area (Å²) in [6.45, 7) is -0.0795. The molecule has 2 aromatic carbocycles. The van der Waals surface area contributed by atoms with Crippen LogP contribution in [0.5, 0.6) is 0 Å². The van der Waals surface area contributed by atoms with E-state index < -0.39 is 23.9 Å². The Morgan fingerprint density at radius 3 is 2.53 bits per heavy atom. The van der Waals surface area contributed by atoms with Gasteiger partial charge in [0.25, 0.3) is 0 Å². The summed E-state index contributed by atoms with van der Waals surface area (Å²) in [5, 5.41) is 14.3. The van der Waals surface area contributed by atoms with Gasteiger partial charge in [0.15, 0.2) is 0 Å². The molecule has 3 N–H and O–H groups in total. The van der Waals surface area contributed by atoms with Gasteiger partial charge in [-0.25, -0.2) is 4.79 Å². The summed E-state index contributed by atoms with van der Waals surface area (Å²) in [5.74, 6) is -1.05. The highest BCUT2D eigenvalue weighted by molar-refractivity contribution is 6.29. The molecule has 0 saturated heterocycles. The summed E-state index contributed by atoms with van der Waals surface area (Å²) < 4.78 is 5.22. The summed E-state index contributed by atoms with van der Waals surface area (Å²) in [6.07, 6.45) is -0.773. The van der Waals surface area contributed by atoms with Crippen molar-refractivity contribution in [3.63, 3.8) is 0 Å². The number of aliphatic hydroxyl groups excluding tert-OH is 1. The summed E-state index contributed by atoms with van der Waals surface area (Å²) >= 11 is 5.52. The number of nitrogens with one attached hydrogen (secondary N) is 2. The molecule has 0 fully saturated rings. The summed E-state index contributed by atoms with van der Waals surface area (Å²) in [5.41, 5.74) is 1.67. The first-order valence-corrected chi connectivity index (χ1v) is 9.77. The maximum atomic E-state index is 12.9. The molecule has 0 aromatic heterocycles. The van der Waals surface area contributed by atoms with Crippen LogP contribution in [0.4, 0.5) is 10.5 Å². The second-order valence-corrected chi connectivity index (χ2v) is 6.70. The number of alkyl carbamates (subject to hydrolysis) is 1. The summed E-state index contributed by atoms with van der Waals surface area (Å²) in [7, 11) is 1.52. The monoisotopic (exact) mass is 433 g/mol. The molecule has 1 atom stereocenters. The molecule has 3 amide bonds. The number of likely N-dealkylation sites (N-methyl/N-ethyl adjacent to an activating group) is 1. The van der Waals surface area contributed by atoms with Crippen molar-refractivity contribution in [1.82, 2.24) is 10.2 Å². The first-order chi connectivity index (χ1) is 14.4. The molecule has 0 unspecified atom stereocenters. The zero-order valence-electron chi connectivity index (χ0n) is 16.5. The minimum Gasteiger partial charge on any atom is -0.445 e. The number of rotatable bonds is 9. The van der Waals surface area contributed by atoms with E-state index in [2.05, 4.69) is 10.6 Å². The molecule has 2 rings (SSSR count). The first kappa shape index (κ1) is 23.2. The van der Waals surface area contributed by atoms with Crippen LogP contribution < -0.4 is 10.6 Å². The molecular weight excluding hydrogens is 410 g/mol. The number of carbonyl (C=O) groups excluding carboxylic acids is 3. The Bertz CT molecular complexity index is 863. The van der Waals surface area contributed by atoms with Crippen molar-refractivity contribution in [3.05, 3.63) is 65.7 Å². The van der Waals surface area contributed by atoms with Gasteiger partial charge < -0.3 is 25.4 Å². The molecule has 2 aromatic rings. The highest BCUT2D eigenvalue weighted by Crippen LogP contribution is 2.20. The van der Waals surface area contributed by atoms with Gasteiger partial charge in [-0.3, -0.25) is 9.59 Å². The van der Waals surface area contributed by atoms with Crippen molar-refractivity contribution in [1.29, 1.82) is 0 Å². The van der Waals surface area contributed by atoms with E-state index in [0.29, 0.717) is 11.3 Å². The molecule has 0 radical (unpaired) electrons. The van der Waals surface area contributed by atoms with Crippen molar-refractivity contribution in [2.75, 3.05) is 31.4 Å². The minimum atomic E-state index is -1.07. The molecule has 0 aliphatic rings. The number of anilines is 1. The van der Waals surface area contributed by atoms with Gasteiger partial charge in [-0.15, -0.1) is 11.6 Å². The maximum absolute atomic E-state index is 12.9. The minimum absolute atomic E-state index is 0.0475. The maximum Gasteiger partial charge on any atom is 0.408 e. The second-order valence-electron chi connectivity index (χ2n) is 6.43. The topological polar surface area (TPSA) is 108 Å². The SMILES string of the molecule is CN(CCO)C(=O)[C@H](NC(=O)OCc1ccccc1)c1cccc(NC(=O)CCl)c1. The Morgan fingerprint density at radius 1 is 1.13 bits per heavy atom. The van der Waals surface area contributed by atoms with Crippen LogP contribution in [-0.4, -0.2) is 54.0 Å². The lowest BCUT2D eigenvalue weighted by Gasteiger charge is -2.24. The Balaban J connectivity index is 2.18. The van der Waals surface area contributed by atoms with E-state index in [0.717, 1.165) is 5.56 Å². The van der Waals surface area contributed by atoms with Gasteiger partial charge in [0.05, 0.1) is 6.61 Å². The van der Waals surface area contributed by atoms with Crippen LogP contribution >= 0.6 is 11.6 Å². The summed E-state index contributed by atoms with van der Waals surface area (Å²) in [6, 6.07) is 14.6. The van der Waals surface area contributed by atoms with Crippen molar-refractivity contribution in [2.45, 2.75) is 12.6 Å². The Kier molecular flexibility index (Phi) is 9.11. The van der Waals surface area contributed by atoms with Crippen molar-refractivity contribution >= 4 is 35.2 Å². The molecule has 0 aliphatic carbocycles. The number of ether oxygens (including phenoxy) is 1. The lowest BCUT2D eigenvalue weighted by Crippen LogP contribution is -2.42. The van der Waals surface area contributed by atoms with Gasteiger partial charge in [-0.05, 0) is 23.3 Å². The first-order valence-electron chi connectivity index (χ1n) is 9.23. The van der Waals surface area contributed by atoms with E-state index in [1.54, 1.807) is 24.3 Å². The number of carbonyl (C=O) groups is 3. The molecule has 0 bridgehead atoms. The fourth-order valence-corrected chi connectivity index (χ4v) is 2.71. The van der Waals surface area contributed by atoms with Crippen molar-refractivity contribution in [3.8, 4) is 0 Å². The number of amides is 3.